The average molecular weight is 464 g/mol. The third-order valence-corrected chi connectivity index (χ3v) is 6.18. The summed E-state index contributed by atoms with van der Waals surface area (Å²) in [6.07, 6.45) is 1.10. The van der Waals surface area contributed by atoms with Gasteiger partial charge in [-0.25, -0.2) is 13.6 Å². The van der Waals surface area contributed by atoms with Crippen molar-refractivity contribution in [2.45, 2.75) is 25.5 Å². The fourth-order valence-corrected chi connectivity index (χ4v) is 4.51. The predicted octanol–water partition coefficient (Wildman–Crippen LogP) is 4.34. The van der Waals surface area contributed by atoms with Gasteiger partial charge < -0.3 is 24.4 Å². The molecule has 1 aliphatic heterocycles. The standard InChI is InChI=1S/C22H23F2N3O4S/c1-29-17-4-3-13(9-18(17)30-2)12-25-21(28)27-7-5-15(6-8-27)31-22-26-20-16(24)10-14(23)11-19(20)32-22/h3-4,9-11,15H,5-8,12H2,1-2H3,(H,25,28). The van der Waals surface area contributed by atoms with E-state index in [2.05, 4.69) is 10.3 Å². The van der Waals surface area contributed by atoms with Crippen LogP contribution >= 0.6 is 11.3 Å². The maximum Gasteiger partial charge on any atom is 0.317 e. The second-order valence-corrected chi connectivity index (χ2v) is 8.36. The van der Waals surface area contributed by atoms with Crippen LogP contribution in [0.25, 0.3) is 10.2 Å². The van der Waals surface area contributed by atoms with Crippen LogP contribution in [0.2, 0.25) is 0 Å². The van der Waals surface area contributed by atoms with E-state index < -0.39 is 11.6 Å². The number of nitrogens with zero attached hydrogens (tertiary/aromatic N) is 2. The van der Waals surface area contributed by atoms with Crippen LogP contribution in [0.1, 0.15) is 18.4 Å². The van der Waals surface area contributed by atoms with Gasteiger partial charge in [0.05, 0.1) is 18.9 Å². The van der Waals surface area contributed by atoms with Crippen molar-refractivity contribution in [3.63, 3.8) is 0 Å². The van der Waals surface area contributed by atoms with E-state index in [1.54, 1.807) is 25.2 Å². The summed E-state index contributed by atoms with van der Waals surface area (Å²) in [5.74, 6) is -0.106. The summed E-state index contributed by atoms with van der Waals surface area (Å²) in [6, 6.07) is 7.39. The lowest BCUT2D eigenvalue weighted by Crippen LogP contribution is -2.46. The first-order chi connectivity index (χ1) is 15.5. The minimum Gasteiger partial charge on any atom is -0.493 e. The quantitative estimate of drug-likeness (QED) is 0.589. The molecule has 170 valence electrons. The van der Waals surface area contributed by atoms with Crippen molar-refractivity contribution in [1.82, 2.24) is 15.2 Å². The van der Waals surface area contributed by atoms with Gasteiger partial charge in [-0.2, -0.15) is 4.98 Å². The number of fused-ring (bicyclic) bond motifs is 1. The molecule has 1 aromatic heterocycles. The largest absolute Gasteiger partial charge is 0.493 e. The molecule has 0 radical (unpaired) electrons. The highest BCUT2D eigenvalue weighted by molar-refractivity contribution is 7.20. The van der Waals surface area contributed by atoms with E-state index in [9.17, 15) is 13.6 Å². The van der Waals surface area contributed by atoms with E-state index in [0.717, 1.165) is 23.0 Å². The van der Waals surface area contributed by atoms with Crippen molar-refractivity contribution in [3.8, 4) is 16.7 Å². The van der Waals surface area contributed by atoms with Crippen molar-refractivity contribution in [2.75, 3.05) is 27.3 Å². The number of benzene rings is 2. The number of ether oxygens (including phenoxy) is 3. The Balaban J connectivity index is 1.28. The van der Waals surface area contributed by atoms with Crippen LogP contribution in [0, 0.1) is 11.6 Å². The Bertz CT molecular complexity index is 1120. The number of thiazole rings is 1. The fraction of sp³-hybridized carbons (Fsp3) is 0.364. The van der Waals surface area contributed by atoms with Gasteiger partial charge in [0.2, 0.25) is 0 Å². The van der Waals surface area contributed by atoms with Crippen molar-refractivity contribution >= 4 is 27.6 Å². The molecule has 2 heterocycles. The summed E-state index contributed by atoms with van der Waals surface area (Å²) in [5.41, 5.74) is 1.01. The monoisotopic (exact) mass is 463 g/mol. The molecule has 7 nitrogen and oxygen atoms in total. The van der Waals surface area contributed by atoms with Crippen LogP contribution in [-0.2, 0) is 6.54 Å². The average Bonchev–Trinajstić information content (AvgIpc) is 3.20. The number of halogens is 2. The van der Waals surface area contributed by atoms with Gasteiger partial charge in [0, 0.05) is 38.5 Å². The van der Waals surface area contributed by atoms with Gasteiger partial charge in [-0.05, 0) is 23.8 Å². The molecule has 0 bridgehead atoms. The number of aromatic nitrogens is 1. The number of likely N-dealkylation sites (tertiary alicyclic amines) is 1. The van der Waals surface area contributed by atoms with E-state index in [1.165, 1.54) is 6.07 Å². The molecule has 4 rings (SSSR count). The number of piperidine rings is 1. The van der Waals surface area contributed by atoms with Crippen molar-refractivity contribution in [2.24, 2.45) is 0 Å². The number of methoxy groups -OCH3 is 2. The first kappa shape index (κ1) is 22.1. The molecule has 1 fully saturated rings. The second-order valence-electron chi connectivity index (χ2n) is 7.37. The van der Waals surface area contributed by atoms with Gasteiger partial charge in [-0.15, -0.1) is 0 Å². The Morgan fingerprint density at radius 2 is 1.91 bits per heavy atom. The molecular formula is C22H23F2N3O4S. The van der Waals surface area contributed by atoms with Gasteiger partial charge in [-0.1, -0.05) is 17.4 Å². The molecule has 0 atom stereocenters. The molecule has 1 saturated heterocycles. The summed E-state index contributed by atoms with van der Waals surface area (Å²) in [7, 11) is 3.14. The normalized spacial score (nSPS) is 14.4. The summed E-state index contributed by atoms with van der Waals surface area (Å²) in [4.78, 5) is 18.4. The van der Waals surface area contributed by atoms with E-state index >= 15 is 0 Å². The molecule has 0 unspecified atom stereocenters. The Kier molecular flexibility index (Phi) is 6.59. The third kappa shape index (κ3) is 4.85. The highest BCUT2D eigenvalue weighted by Gasteiger charge is 2.25. The van der Waals surface area contributed by atoms with Gasteiger partial charge in [0.25, 0.3) is 5.19 Å². The molecule has 1 N–H and O–H groups in total. The third-order valence-electron chi connectivity index (χ3n) is 5.28. The molecular weight excluding hydrogens is 440 g/mol. The minimum atomic E-state index is -0.702. The van der Waals surface area contributed by atoms with Crippen molar-refractivity contribution in [3.05, 3.63) is 47.5 Å². The SMILES string of the molecule is COc1ccc(CNC(=O)N2CCC(Oc3nc4c(F)cc(F)cc4s3)CC2)cc1OC. The zero-order chi connectivity index (χ0) is 22.7. The molecule has 0 spiro atoms. The zero-order valence-electron chi connectivity index (χ0n) is 17.7. The number of carbonyl (C=O) groups is 1. The first-order valence-corrected chi connectivity index (χ1v) is 10.9. The fourth-order valence-electron chi connectivity index (χ4n) is 3.59. The minimum absolute atomic E-state index is 0.110. The number of urea groups is 1. The lowest BCUT2D eigenvalue weighted by Gasteiger charge is -2.31. The molecule has 3 aromatic rings. The Morgan fingerprint density at radius 3 is 2.62 bits per heavy atom. The van der Waals surface area contributed by atoms with Gasteiger partial charge >= 0.3 is 6.03 Å². The molecule has 0 saturated carbocycles. The summed E-state index contributed by atoms with van der Waals surface area (Å²) < 4.78 is 44.0. The van der Waals surface area contributed by atoms with Crippen LogP contribution in [0.5, 0.6) is 16.7 Å². The van der Waals surface area contributed by atoms with E-state index in [0.29, 0.717) is 53.9 Å². The van der Waals surface area contributed by atoms with Crippen LogP contribution in [0.4, 0.5) is 13.6 Å². The molecule has 10 heteroatoms. The maximum atomic E-state index is 13.8. The van der Waals surface area contributed by atoms with Crippen molar-refractivity contribution in [1.29, 1.82) is 0 Å². The molecule has 32 heavy (non-hydrogen) atoms. The first-order valence-electron chi connectivity index (χ1n) is 10.1. The number of hydrogen-bond donors (Lipinski definition) is 1. The van der Waals surface area contributed by atoms with E-state index in [-0.39, 0.29) is 17.7 Å². The number of rotatable bonds is 6. The Labute approximate surface area is 187 Å². The lowest BCUT2D eigenvalue weighted by molar-refractivity contribution is 0.111. The molecule has 1 aliphatic rings. The van der Waals surface area contributed by atoms with E-state index in [1.807, 2.05) is 12.1 Å². The van der Waals surface area contributed by atoms with Crippen LogP contribution in [0.3, 0.4) is 0 Å². The Hall–Kier alpha value is -3.14. The maximum absolute atomic E-state index is 13.8. The topological polar surface area (TPSA) is 72.9 Å². The van der Waals surface area contributed by atoms with E-state index in [4.69, 9.17) is 14.2 Å². The summed E-state index contributed by atoms with van der Waals surface area (Å²) in [6.45, 7) is 1.41. The van der Waals surface area contributed by atoms with Crippen molar-refractivity contribution < 1.29 is 27.8 Å². The highest BCUT2D eigenvalue weighted by atomic mass is 32.1. The number of carbonyl (C=O) groups excluding carboxylic acids is 1. The number of nitrogens with one attached hydrogen (secondary N) is 1. The summed E-state index contributed by atoms with van der Waals surface area (Å²) in [5, 5.41) is 3.22. The zero-order valence-corrected chi connectivity index (χ0v) is 18.5. The van der Waals surface area contributed by atoms with Crippen LogP contribution in [-0.4, -0.2) is 49.3 Å². The lowest BCUT2D eigenvalue weighted by atomic mass is 10.1. The number of hydrogen-bond acceptors (Lipinski definition) is 6. The second kappa shape index (κ2) is 9.56. The number of amides is 2. The smallest absolute Gasteiger partial charge is 0.317 e. The molecule has 2 aromatic carbocycles. The predicted molar refractivity (Wildman–Crippen MR) is 117 cm³/mol. The van der Waals surface area contributed by atoms with Crippen LogP contribution in [0.15, 0.2) is 30.3 Å². The van der Waals surface area contributed by atoms with Crippen LogP contribution < -0.4 is 19.5 Å². The highest BCUT2D eigenvalue weighted by Crippen LogP contribution is 2.32. The Morgan fingerprint density at radius 1 is 1.16 bits per heavy atom. The van der Waals surface area contributed by atoms with Gasteiger partial charge in [0.1, 0.15) is 17.4 Å². The van der Waals surface area contributed by atoms with Gasteiger partial charge in [0.15, 0.2) is 17.3 Å². The van der Waals surface area contributed by atoms with Gasteiger partial charge in [-0.3, -0.25) is 0 Å². The molecule has 2 amide bonds. The summed E-state index contributed by atoms with van der Waals surface area (Å²) >= 11 is 1.11. The molecule has 0 aliphatic carbocycles.